The highest BCUT2D eigenvalue weighted by Crippen LogP contribution is 2.18. The van der Waals surface area contributed by atoms with E-state index in [0.29, 0.717) is 11.3 Å². The fraction of sp³-hybridized carbons (Fsp3) is 0.0556. The summed E-state index contributed by atoms with van der Waals surface area (Å²) in [6, 6.07) is 18.5. The van der Waals surface area contributed by atoms with Gasteiger partial charge in [-0.1, -0.05) is 65.3 Å². The Bertz CT molecular complexity index is 868. The maximum absolute atomic E-state index is 12.0. The second kappa shape index (κ2) is 6.78. The number of hydrogen-bond acceptors (Lipinski definition) is 4. The molecule has 1 heterocycles. The lowest BCUT2D eigenvalue weighted by Crippen LogP contribution is -2.15. The third-order valence-corrected chi connectivity index (χ3v) is 3.44. The zero-order valence-corrected chi connectivity index (χ0v) is 13.1. The molecule has 0 spiro atoms. The predicted octanol–water partition coefficient (Wildman–Crippen LogP) is 2.86. The minimum Gasteiger partial charge on any atom is -0.380 e. The highest BCUT2D eigenvalue weighted by atomic mass is 16.7. The number of rotatable bonds is 4. The van der Waals surface area contributed by atoms with Gasteiger partial charge >= 0.3 is 5.97 Å². The highest BCUT2D eigenvalue weighted by molar-refractivity contribution is 5.98. The van der Waals surface area contributed by atoms with Gasteiger partial charge in [-0.3, -0.25) is 5.10 Å². The van der Waals surface area contributed by atoms with Crippen LogP contribution in [0, 0.1) is 6.92 Å². The smallest absolute Gasteiger partial charge is 0.380 e. The maximum Gasteiger partial charge on any atom is 0.383 e. The molecule has 2 aromatic carbocycles. The van der Waals surface area contributed by atoms with E-state index in [-0.39, 0.29) is 11.5 Å². The molecule has 0 saturated carbocycles. The summed E-state index contributed by atoms with van der Waals surface area (Å²) in [7, 11) is 0. The first-order valence-corrected chi connectivity index (χ1v) is 7.36. The second-order valence-corrected chi connectivity index (χ2v) is 5.25. The lowest BCUT2D eigenvalue weighted by molar-refractivity contribution is 0.0509. The number of amidine groups is 1. The van der Waals surface area contributed by atoms with Crippen LogP contribution < -0.4 is 5.73 Å². The average Bonchev–Trinajstić information content (AvgIpc) is 3.11. The summed E-state index contributed by atoms with van der Waals surface area (Å²) < 4.78 is 0. The minimum absolute atomic E-state index is 0.127. The van der Waals surface area contributed by atoms with E-state index in [0.717, 1.165) is 11.1 Å². The van der Waals surface area contributed by atoms with Gasteiger partial charge in [-0.2, -0.15) is 5.10 Å². The van der Waals surface area contributed by atoms with Crippen molar-refractivity contribution in [2.24, 2.45) is 10.9 Å². The van der Waals surface area contributed by atoms with Crippen molar-refractivity contribution in [1.82, 2.24) is 10.2 Å². The zero-order chi connectivity index (χ0) is 16.9. The van der Waals surface area contributed by atoms with Crippen LogP contribution in [0.25, 0.3) is 11.3 Å². The van der Waals surface area contributed by atoms with Crippen molar-refractivity contribution < 1.29 is 9.63 Å². The molecule has 0 aliphatic carbocycles. The van der Waals surface area contributed by atoms with Gasteiger partial charge in [0.25, 0.3) is 0 Å². The lowest BCUT2D eigenvalue weighted by atomic mass is 10.1. The van der Waals surface area contributed by atoms with E-state index in [9.17, 15) is 4.79 Å². The Morgan fingerprint density at radius 1 is 1.12 bits per heavy atom. The second-order valence-electron chi connectivity index (χ2n) is 5.25. The number of benzene rings is 2. The van der Waals surface area contributed by atoms with Crippen molar-refractivity contribution in [3.63, 3.8) is 0 Å². The molecule has 0 bridgehead atoms. The lowest BCUT2D eigenvalue weighted by Gasteiger charge is -1.99. The maximum atomic E-state index is 12.0. The Hall–Kier alpha value is -3.41. The molecular formula is C18H16N4O2. The Morgan fingerprint density at radius 3 is 2.54 bits per heavy atom. The largest absolute Gasteiger partial charge is 0.383 e. The fourth-order valence-corrected chi connectivity index (χ4v) is 2.10. The zero-order valence-electron chi connectivity index (χ0n) is 13.1. The molecule has 6 nitrogen and oxygen atoms in total. The van der Waals surface area contributed by atoms with Crippen molar-refractivity contribution in [1.29, 1.82) is 0 Å². The van der Waals surface area contributed by atoms with E-state index in [1.54, 1.807) is 18.2 Å². The molecule has 0 atom stereocenters. The number of nitrogens with one attached hydrogen (secondary N) is 1. The monoisotopic (exact) mass is 320 g/mol. The van der Waals surface area contributed by atoms with Crippen LogP contribution in [-0.4, -0.2) is 22.0 Å². The number of carbonyl (C=O) groups excluding carboxylic acids is 1. The molecule has 24 heavy (non-hydrogen) atoms. The van der Waals surface area contributed by atoms with Gasteiger partial charge in [-0.05, 0) is 13.0 Å². The van der Waals surface area contributed by atoms with Crippen LogP contribution in [0.5, 0.6) is 0 Å². The molecule has 3 rings (SSSR count). The molecule has 3 aromatic rings. The first-order valence-electron chi connectivity index (χ1n) is 7.36. The molecule has 120 valence electrons. The average molecular weight is 320 g/mol. The van der Waals surface area contributed by atoms with Crippen LogP contribution in [0.15, 0.2) is 65.8 Å². The topological polar surface area (TPSA) is 93.4 Å². The van der Waals surface area contributed by atoms with Gasteiger partial charge in [-0.15, -0.1) is 0 Å². The third-order valence-electron chi connectivity index (χ3n) is 3.44. The molecule has 0 radical (unpaired) electrons. The van der Waals surface area contributed by atoms with Gasteiger partial charge in [0.05, 0.1) is 5.69 Å². The quantitative estimate of drug-likeness (QED) is 0.334. The standard InChI is InChI=1S/C18H16N4O2/c1-12-7-9-13(10-8-12)15-11-16(21-20-15)18(23)24-22-17(19)14-5-3-2-4-6-14/h2-11H,1H3,(H2,19,22)(H,20,21). The van der Waals surface area contributed by atoms with Crippen molar-refractivity contribution in [2.75, 3.05) is 0 Å². The minimum atomic E-state index is -0.653. The van der Waals surface area contributed by atoms with Crippen molar-refractivity contribution in [2.45, 2.75) is 6.92 Å². The van der Waals surface area contributed by atoms with Crippen LogP contribution in [0.2, 0.25) is 0 Å². The van der Waals surface area contributed by atoms with Gasteiger partial charge in [0.15, 0.2) is 5.84 Å². The Morgan fingerprint density at radius 2 is 1.83 bits per heavy atom. The number of aromatic nitrogens is 2. The first-order chi connectivity index (χ1) is 11.6. The van der Waals surface area contributed by atoms with E-state index in [4.69, 9.17) is 10.6 Å². The van der Waals surface area contributed by atoms with Gasteiger partial charge < -0.3 is 10.6 Å². The first kappa shape index (κ1) is 15.5. The molecule has 0 saturated heterocycles. The van der Waals surface area contributed by atoms with Crippen LogP contribution in [0.1, 0.15) is 21.6 Å². The summed E-state index contributed by atoms with van der Waals surface area (Å²) in [6.45, 7) is 2.01. The molecule has 0 unspecified atom stereocenters. The Kier molecular flexibility index (Phi) is 4.38. The Balaban J connectivity index is 1.71. The number of hydrogen-bond donors (Lipinski definition) is 2. The number of nitrogens with zero attached hydrogens (tertiary/aromatic N) is 2. The number of carbonyl (C=O) groups is 1. The summed E-state index contributed by atoms with van der Waals surface area (Å²) in [5.41, 5.74) is 9.37. The molecule has 6 heteroatoms. The van der Waals surface area contributed by atoms with Crippen molar-refractivity contribution in [3.8, 4) is 11.3 Å². The summed E-state index contributed by atoms with van der Waals surface area (Å²) in [4.78, 5) is 16.9. The van der Waals surface area contributed by atoms with E-state index in [1.165, 1.54) is 0 Å². The van der Waals surface area contributed by atoms with E-state index in [2.05, 4.69) is 15.4 Å². The molecule has 0 amide bonds. The number of oxime groups is 1. The fourth-order valence-electron chi connectivity index (χ4n) is 2.10. The highest BCUT2D eigenvalue weighted by Gasteiger charge is 2.13. The van der Waals surface area contributed by atoms with E-state index < -0.39 is 5.97 Å². The van der Waals surface area contributed by atoms with Crippen molar-refractivity contribution >= 4 is 11.8 Å². The summed E-state index contributed by atoms with van der Waals surface area (Å²) in [6.07, 6.45) is 0. The van der Waals surface area contributed by atoms with Gasteiger partial charge in [0.1, 0.15) is 5.69 Å². The van der Waals surface area contributed by atoms with Gasteiger partial charge in [-0.25, -0.2) is 4.79 Å². The summed E-state index contributed by atoms with van der Waals surface area (Å²) in [5.74, 6) is -0.526. The Labute approximate surface area is 139 Å². The third kappa shape index (κ3) is 3.49. The summed E-state index contributed by atoms with van der Waals surface area (Å²) >= 11 is 0. The van der Waals surface area contributed by atoms with Crippen LogP contribution in [0.4, 0.5) is 0 Å². The number of H-pyrrole nitrogens is 1. The molecule has 0 fully saturated rings. The van der Waals surface area contributed by atoms with E-state index in [1.807, 2.05) is 49.4 Å². The van der Waals surface area contributed by atoms with Gasteiger partial charge in [0, 0.05) is 11.1 Å². The van der Waals surface area contributed by atoms with E-state index >= 15 is 0 Å². The molecule has 3 N–H and O–H groups in total. The van der Waals surface area contributed by atoms with Crippen molar-refractivity contribution in [3.05, 3.63) is 77.5 Å². The summed E-state index contributed by atoms with van der Waals surface area (Å²) in [5, 5.41) is 10.4. The molecular weight excluding hydrogens is 304 g/mol. The normalized spacial score (nSPS) is 11.3. The predicted molar refractivity (Wildman–Crippen MR) is 91.3 cm³/mol. The van der Waals surface area contributed by atoms with Gasteiger partial charge in [0.2, 0.25) is 0 Å². The number of aromatic amines is 1. The molecule has 1 aromatic heterocycles. The number of nitrogens with two attached hydrogens (primary N) is 1. The van der Waals surface area contributed by atoms with Crippen LogP contribution in [0.3, 0.4) is 0 Å². The number of aryl methyl sites for hydroxylation is 1. The van der Waals surface area contributed by atoms with Crippen LogP contribution >= 0.6 is 0 Å². The van der Waals surface area contributed by atoms with Crippen LogP contribution in [-0.2, 0) is 4.84 Å². The molecule has 0 aliphatic rings. The molecule has 0 aliphatic heterocycles. The SMILES string of the molecule is Cc1ccc(-c2cc(C(=O)O/N=C(\N)c3ccccc3)[nH]n2)cc1.